The number of ether oxygens (including phenoxy) is 1. The molecular formula is C21H18Cl2O5. The Hall–Kier alpha value is -2.50. The Morgan fingerprint density at radius 3 is 2.54 bits per heavy atom. The van der Waals surface area contributed by atoms with Crippen molar-refractivity contribution in [2.45, 2.75) is 33.3 Å². The molecule has 0 radical (unpaired) electrons. The molecule has 0 fully saturated rings. The van der Waals surface area contributed by atoms with Gasteiger partial charge in [-0.2, -0.15) is 0 Å². The molecule has 0 bridgehead atoms. The van der Waals surface area contributed by atoms with Crippen LogP contribution in [-0.4, -0.2) is 11.1 Å². The summed E-state index contributed by atoms with van der Waals surface area (Å²) < 4.78 is 11.4. The van der Waals surface area contributed by atoms with Crippen LogP contribution in [0, 0.1) is 13.8 Å². The van der Waals surface area contributed by atoms with Crippen molar-refractivity contribution < 1.29 is 19.1 Å². The van der Waals surface area contributed by atoms with Gasteiger partial charge in [-0.15, -0.1) is 0 Å². The van der Waals surface area contributed by atoms with Gasteiger partial charge in [-0.25, -0.2) is 4.79 Å². The second-order valence-electron chi connectivity index (χ2n) is 6.49. The molecule has 1 aromatic heterocycles. The van der Waals surface area contributed by atoms with Crippen LogP contribution in [0.4, 0.5) is 0 Å². The lowest BCUT2D eigenvalue weighted by Gasteiger charge is -2.13. The second kappa shape index (κ2) is 8.25. The number of aryl methyl sites for hydroxylation is 2. The van der Waals surface area contributed by atoms with Gasteiger partial charge in [0, 0.05) is 22.9 Å². The molecule has 3 aromatic rings. The first-order chi connectivity index (χ1) is 13.3. The van der Waals surface area contributed by atoms with Crippen LogP contribution in [0.5, 0.6) is 5.75 Å². The number of fused-ring (bicyclic) bond motifs is 1. The van der Waals surface area contributed by atoms with E-state index in [9.17, 15) is 9.59 Å². The fourth-order valence-corrected chi connectivity index (χ4v) is 3.36. The predicted molar refractivity (Wildman–Crippen MR) is 109 cm³/mol. The summed E-state index contributed by atoms with van der Waals surface area (Å²) >= 11 is 11.9. The van der Waals surface area contributed by atoms with Crippen molar-refractivity contribution in [2.75, 3.05) is 0 Å². The summed E-state index contributed by atoms with van der Waals surface area (Å²) in [5, 5.41) is 10.6. The Labute approximate surface area is 171 Å². The van der Waals surface area contributed by atoms with Gasteiger partial charge in [-0.05, 0) is 55.7 Å². The highest BCUT2D eigenvalue weighted by atomic mass is 35.5. The summed E-state index contributed by atoms with van der Waals surface area (Å²) in [4.78, 5) is 23.2. The number of aliphatic carboxylic acids is 1. The van der Waals surface area contributed by atoms with E-state index in [1.54, 1.807) is 19.1 Å². The maximum atomic E-state index is 12.4. The maximum absolute atomic E-state index is 12.4. The van der Waals surface area contributed by atoms with Crippen LogP contribution in [-0.2, 0) is 17.8 Å². The lowest BCUT2D eigenvalue weighted by molar-refractivity contribution is -0.136. The maximum Gasteiger partial charge on any atom is 0.339 e. The van der Waals surface area contributed by atoms with Crippen LogP contribution in [0.25, 0.3) is 11.0 Å². The molecule has 0 unspecified atom stereocenters. The normalized spacial score (nSPS) is 11.0. The molecule has 5 nitrogen and oxygen atoms in total. The summed E-state index contributed by atoms with van der Waals surface area (Å²) in [5.74, 6) is -0.375. The van der Waals surface area contributed by atoms with E-state index in [0.717, 1.165) is 16.5 Å². The van der Waals surface area contributed by atoms with Crippen LogP contribution in [0.15, 0.2) is 39.5 Å². The molecule has 0 atom stereocenters. The lowest BCUT2D eigenvalue weighted by atomic mass is 10.0. The number of halogens is 2. The number of hydrogen-bond acceptors (Lipinski definition) is 4. The smallest absolute Gasteiger partial charge is 0.339 e. The van der Waals surface area contributed by atoms with Crippen LogP contribution in [0.1, 0.15) is 28.7 Å². The predicted octanol–water partition coefficient (Wildman–Crippen LogP) is 5.31. The van der Waals surface area contributed by atoms with E-state index in [2.05, 4.69) is 0 Å². The monoisotopic (exact) mass is 420 g/mol. The zero-order valence-corrected chi connectivity index (χ0v) is 16.9. The molecule has 1 heterocycles. The van der Waals surface area contributed by atoms with Crippen molar-refractivity contribution in [3.8, 4) is 5.75 Å². The SMILES string of the molecule is Cc1c(CCC(=O)O)c(=O)oc2c(C)c(OCc3ccc(Cl)c(Cl)c3)ccc12. The number of carboxylic acids is 1. The van der Waals surface area contributed by atoms with Gasteiger partial charge in [0.1, 0.15) is 17.9 Å². The zero-order chi connectivity index (χ0) is 20.4. The van der Waals surface area contributed by atoms with Crippen LogP contribution >= 0.6 is 23.2 Å². The number of hydrogen-bond donors (Lipinski definition) is 1. The fourth-order valence-electron chi connectivity index (χ4n) is 3.04. The molecule has 3 rings (SSSR count). The van der Waals surface area contributed by atoms with Crippen molar-refractivity contribution in [1.82, 2.24) is 0 Å². The number of carboxylic acid groups (broad SMARTS) is 1. The highest BCUT2D eigenvalue weighted by Crippen LogP contribution is 2.30. The highest BCUT2D eigenvalue weighted by molar-refractivity contribution is 6.42. The lowest BCUT2D eigenvalue weighted by Crippen LogP contribution is -2.12. The topological polar surface area (TPSA) is 76.7 Å². The molecular weight excluding hydrogens is 403 g/mol. The zero-order valence-electron chi connectivity index (χ0n) is 15.3. The summed E-state index contributed by atoms with van der Waals surface area (Å²) in [6.45, 7) is 3.89. The van der Waals surface area contributed by atoms with Gasteiger partial charge in [-0.3, -0.25) is 4.79 Å². The minimum absolute atomic E-state index is 0.124. The molecule has 0 saturated carbocycles. The van der Waals surface area contributed by atoms with Crippen LogP contribution < -0.4 is 10.4 Å². The number of benzene rings is 2. The van der Waals surface area contributed by atoms with E-state index in [1.807, 2.05) is 25.1 Å². The quantitative estimate of drug-likeness (QED) is 0.546. The molecule has 28 heavy (non-hydrogen) atoms. The second-order valence-corrected chi connectivity index (χ2v) is 7.30. The van der Waals surface area contributed by atoms with Crippen molar-refractivity contribution in [3.05, 3.63) is 73.1 Å². The van der Waals surface area contributed by atoms with Gasteiger partial charge in [-0.1, -0.05) is 29.3 Å². The summed E-state index contributed by atoms with van der Waals surface area (Å²) in [5.41, 5.74) is 2.59. The molecule has 0 spiro atoms. The minimum atomic E-state index is -0.957. The first-order valence-corrected chi connectivity index (χ1v) is 9.38. The third-order valence-electron chi connectivity index (χ3n) is 4.62. The summed E-state index contributed by atoms with van der Waals surface area (Å²) in [6.07, 6.45) is 0.00893. The third-order valence-corrected chi connectivity index (χ3v) is 5.36. The molecule has 1 N–H and O–H groups in total. The molecule has 7 heteroatoms. The van der Waals surface area contributed by atoms with E-state index >= 15 is 0 Å². The molecule has 0 aliphatic heterocycles. The first-order valence-electron chi connectivity index (χ1n) is 8.62. The van der Waals surface area contributed by atoms with Crippen molar-refractivity contribution in [3.63, 3.8) is 0 Å². The van der Waals surface area contributed by atoms with Crippen molar-refractivity contribution in [1.29, 1.82) is 0 Å². The average Bonchev–Trinajstić information content (AvgIpc) is 2.64. The molecule has 0 aliphatic rings. The van der Waals surface area contributed by atoms with Gasteiger partial charge in [0.15, 0.2) is 0 Å². The van der Waals surface area contributed by atoms with Crippen molar-refractivity contribution in [2.24, 2.45) is 0 Å². The fraction of sp³-hybridized carbons (Fsp3) is 0.238. The van der Waals surface area contributed by atoms with E-state index in [0.29, 0.717) is 32.5 Å². The Bertz CT molecular complexity index is 1120. The Balaban J connectivity index is 1.92. The van der Waals surface area contributed by atoms with Gasteiger partial charge in [0.2, 0.25) is 0 Å². The Morgan fingerprint density at radius 2 is 1.86 bits per heavy atom. The third kappa shape index (κ3) is 4.16. The average molecular weight is 421 g/mol. The largest absolute Gasteiger partial charge is 0.488 e. The standard InChI is InChI=1S/C21H18Cl2O5/c1-11-14-4-7-18(27-10-13-3-6-16(22)17(23)9-13)12(2)20(14)28-21(26)15(11)5-8-19(24)25/h3-4,6-7,9H,5,8,10H2,1-2H3,(H,24,25). The molecule has 0 aliphatic carbocycles. The van der Waals surface area contributed by atoms with E-state index in [-0.39, 0.29) is 19.4 Å². The summed E-state index contributed by atoms with van der Waals surface area (Å²) in [7, 11) is 0. The molecule has 2 aromatic carbocycles. The first kappa shape index (κ1) is 20.2. The van der Waals surface area contributed by atoms with E-state index < -0.39 is 11.6 Å². The Kier molecular flexibility index (Phi) is 5.96. The number of rotatable bonds is 6. The highest BCUT2D eigenvalue weighted by Gasteiger charge is 2.16. The van der Waals surface area contributed by atoms with Crippen molar-refractivity contribution >= 4 is 40.1 Å². The minimum Gasteiger partial charge on any atom is -0.488 e. The molecule has 0 amide bonds. The summed E-state index contributed by atoms with van der Waals surface area (Å²) in [6, 6.07) is 8.89. The number of carbonyl (C=O) groups is 1. The Morgan fingerprint density at radius 1 is 1.11 bits per heavy atom. The van der Waals surface area contributed by atoms with E-state index in [1.165, 1.54) is 0 Å². The van der Waals surface area contributed by atoms with Gasteiger partial charge in [0.05, 0.1) is 10.0 Å². The molecule has 146 valence electrons. The van der Waals surface area contributed by atoms with Crippen LogP contribution in [0.3, 0.4) is 0 Å². The van der Waals surface area contributed by atoms with Gasteiger partial charge >= 0.3 is 11.6 Å². The molecule has 0 saturated heterocycles. The van der Waals surface area contributed by atoms with Crippen LogP contribution in [0.2, 0.25) is 10.0 Å². The van der Waals surface area contributed by atoms with Gasteiger partial charge < -0.3 is 14.3 Å². The van der Waals surface area contributed by atoms with Gasteiger partial charge in [0.25, 0.3) is 0 Å². The van der Waals surface area contributed by atoms with E-state index in [4.69, 9.17) is 37.5 Å².